The van der Waals surface area contributed by atoms with E-state index in [-0.39, 0.29) is 11.7 Å². The van der Waals surface area contributed by atoms with E-state index in [0.717, 1.165) is 12.1 Å². The van der Waals surface area contributed by atoms with Crippen molar-refractivity contribution in [2.45, 2.75) is 31.7 Å². The molecule has 35 heavy (non-hydrogen) atoms. The van der Waals surface area contributed by atoms with E-state index in [2.05, 4.69) is 10.1 Å². The zero-order chi connectivity index (χ0) is 25.4. The number of carbonyl (C=O) groups is 1. The maximum atomic E-state index is 12.9. The minimum absolute atomic E-state index is 0.0473. The SMILES string of the molecule is CNC(=O)[C@@H](c1ccccc1)N(CCCc1ccc(C(F)(F)F)cc1)c1cccc(OC(F)F)c1. The van der Waals surface area contributed by atoms with E-state index in [1.54, 1.807) is 41.3 Å². The van der Waals surface area contributed by atoms with Gasteiger partial charge in [0.1, 0.15) is 11.8 Å². The number of benzene rings is 3. The predicted octanol–water partition coefficient (Wildman–Crippen LogP) is 6.23. The molecule has 0 aliphatic rings. The summed E-state index contributed by atoms with van der Waals surface area (Å²) in [6, 6.07) is 19.2. The maximum Gasteiger partial charge on any atom is 0.416 e. The number of likely N-dealkylation sites (N-methyl/N-ethyl adjacent to an activating group) is 1. The number of nitrogens with one attached hydrogen (secondary N) is 1. The minimum Gasteiger partial charge on any atom is -0.435 e. The fraction of sp³-hybridized carbons (Fsp3) is 0.269. The van der Waals surface area contributed by atoms with Gasteiger partial charge in [-0.05, 0) is 48.2 Å². The first-order valence-corrected chi connectivity index (χ1v) is 10.9. The molecule has 0 fully saturated rings. The van der Waals surface area contributed by atoms with Crippen LogP contribution in [0, 0.1) is 0 Å². The van der Waals surface area contributed by atoms with Crippen molar-refractivity contribution in [2.24, 2.45) is 0 Å². The van der Waals surface area contributed by atoms with E-state index in [9.17, 15) is 26.7 Å². The van der Waals surface area contributed by atoms with Gasteiger partial charge in [0, 0.05) is 25.3 Å². The molecular formula is C26H25F5N2O2. The molecule has 3 aromatic rings. The molecule has 186 valence electrons. The van der Waals surface area contributed by atoms with Crippen molar-refractivity contribution >= 4 is 11.6 Å². The summed E-state index contributed by atoms with van der Waals surface area (Å²) in [5, 5.41) is 2.65. The van der Waals surface area contributed by atoms with Crippen molar-refractivity contribution in [1.29, 1.82) is 0 Å². The van der Waals surface area contributed by atoms with Gasteiger partial charge in [-0.15, -0.1) is 0 Å². The van der Waals surface area contributed by atoms with Crippen LogP contribution in [0.2, 0.25) is 0 Å². The van der Waals surface area contributed by atoms with Crippen LogP contribution in [0.3, 0.4) is 0 Å². The first kappa shape index (κ1) is 26.0. The molecule has 0 aliphatic carbocycles. The monoisotopic (exact) mass is 492 g/mol. The Bertz CT molecular complexity index is 1090. The number of alkyl halides is 5. The van der Waals surface area contributed by atoms with Crippen molar-refractivity contribution in [3.63, 3.8) is 0 Å². The molecule has 0 saturated heterocycles. The van der Waals surface area contributed by atoms with E-state index in [1.807, 2.05) is 6.07 Å². The van der Waals surface area contributed by atoms with Gasteiger partial charge in [0.2, 0.25) is 5.91 Å². The van der Waals surface area contributed by atoms with Crippen LogP contribution in [0.25, 0.3) is 0 Å². The van der Waals surface area contributed by atoms with Crippen molar-refractivity contribution in [3.05, 3.63) is 95.6 Å². The number of hydrogen-bond acceptors (Lipinski definition) is 3. The summed E-state index contributed by atoms with van der Waals surface area (Å²) in [6.07, 6.45) is -3.46. The largest absolute Gasteiger partial charge is 0.435 e. The summed E-state index contributed by atoms with van der Waals surface area (Å²) < 4.78 is 68.6. The zero-order valence-electron chi connectivity index (χ0n) is 18.9. The Morgan fingerprint density at radius 1 is 0.971 bits per heavy atom. The van der Waals surface area contributed by atoms with Gasteiger partial charge in [0.25, 0.3) is 0 Å². The zero-order valence-corrected chi connectivity index (χ0v) is 18.9. The Hall–Kier alpha value is -3.62. The number of rotatable bonds is 10. The molecule has 1 amide bonds. The molecule has 0 spiro atoms. The van der Waals surface area contributed by atoms with E-state index in [4.69, 9.17) is 0 Å². The highest BCUT2D eigenvalue weighted by atomic mass is 19.4. The number of nitrogens with zero attached hydrogens (tertiary/aromatic N) is 1. The fourth-order valence-corrected chi connectivity index (χ4v) is 3.80. The molecule has 0 saturated carbocycles. The highest BCUT2D eigenvalue weighted by Gasteiger charge is 2.30. The molecule has 0 unspecified atom stereocenters. The van der Waals surface area contributed by atoms with Crippen LogP contribution in [-0.4, -0.2) is 26.1 Å². The average molecular weight is 492 g/mol. The smallest absolute Gasteiger partial charge is 0.416 e. The second-order valence-electron chi connectivity index (χ2n) is 7.79. The molecule has 3 rings (SSSR count). The quantitative estimate of drug-likeness (QED) is 0.341. The molecule has 0 bridgehead atoms. The van der Waals surface area contributed by atoms with Gasteiger partial charge in [-0.3, -0.25) is 4.79 Å². The highest BCUT2D eigenvalue weighted by Crippen LogP contribution is 2.32. The first-order valence-electron chi connectivity index (χ1n) is 10.9. The van der Waals surface area contributed by atoms with Crippen LogP contribution in [0.15, 0.2) is 78.9 Å². The number of halogens is 5. The Morgan fingerprint density at radius 2 is 1.66 bits per heavy atom. The predicted molar refractivity (Wildman–Crippen MR) is 123 cm³/mol. The van der Waals surface area contributed by atoms with E-state index in [0.29, 0.717) is 36.2 Å². The lowest BCUT2D eigenvalue weighted by molar-refractivity contribution is -0.137. The lowest BCUT2D eigenvalue weighted by Crippen LogP contribution is -2.40. The molecule has 4 nitrogen and oxygen atoms in total. The summed E-state index contributed by atoms with van der Waals surface area (Å²) in [4.78, 5) is 14.7. The second kappa shape index (κ2) is 11.7. The van der Waals surface area contributed by atoms with Gasteiger partial charge < -0.3 is 15.0 Å². The van der Waals surface area contributed by atoms with E-state index < -0.39 is 24.4 Å². The molecule has 1 atom stereocenters. The fourth-order valence-electron chi connectivity index (χ4n) is 3.80. The molecule has 0 radical (unpaired) electrons. The van der Waals surface area contributed by atoms with Crippen LogP contribution in [0.1, 0.15) is 29.2 Å². The van der Waals surface area contributed by atoms with Gasteiger partial charge in [-0.1, -0.05) is 48.5 Å². The van der Waals surface area contributed by atoms with Crippen molar-refractivity contribution in [3.8, 4) is 5.75 Å². The van der Waals surface area contributed by atoms with E-state index >= 15 is 0 Å². The van der Waals surface area contributed by atoms with Gasteiger partial charge in [-0.2, -0.15) is 22.0 Å². The number of carbonyl (C=O) groups excluding carboxylic acids is 1. The number of ether oxygens (including phenoxy) is 1. The van der Waals surface area contributed by atoms with Crippen molar-refractivity contribution < 1.29 is 31.5 Å². The molecule has 3 aromatic carbocycles. The summed E-state index contributed by atoms with van der Waals surface area (Å²) in [5.41, 5.74) is 1.18. The first-order chi connectivity index (χ1) is 16.7. The number of hydrogen-bond donors (Lipinski definition) is 1. The van der Waals surface area contributed by atoms with Crippen LogP contribution < -0.4 is 15.0 Å². The third kappa shape index (κ3) is 7.18. The average Bonchev–Trinajstić information content (AvgIpc) is 2.83. The second-order valence-corrected chi connectivity index (χ2v) is 7.79. The Balaban J connectivity index is 1.88. The van der Waals surface area contributed by atoms with Gasteiger partial charge >= 0.3 is 12.8 Å². The highest BCUT2D eigenvalue weighted by molar-refractivity contribution is 5.86. The van der Waals surface area contributed by atoms with Crippen LogP contribution in [0.5, 0.6) is 5.75 Å². The summed E-state index contributed by atoms with van der Waals surface area (Å²) in [6.45, 7) is -2.67. The lowest BCUT2D eigenvalue weighted by Gasteiger charge is -2.33. The van der Waals surface area contributed by atoms with Crippen LogP contribution in [0.4, 0.5) is 27.6 Å². The molecule has 1 N–H and O–H groups in total. The Morgan fingerprint density at radius 3 is 2.26 bits per heavy atom. The van der Waals surface area contributed by atoms with Gasteiger partial charge in [0.15, 0.2) is 0 Å². The van der Waals surface area contributed by atoms with Crippen LogP contribution >= 0.6 is 0 Å². The Kier molecular flexibility index (Phi) is 8.68. The molecule has 0 aromatic heterocycles. The molecule has 9 heteroatoms. The van der Waals surface area contributed by atoms with E-state index in [1.165, 1.54) is 31.3 Å². The number of aryl methyl sites for hydroxylation is 1. The van der Waals surface area contributed by atoms with Crippen LogP contribution in [-0.2, 0) is 17.4 Å². The summed E-state index contributed by atoms with van der Waals surface area (Å²) >= 11 is 0. The third-order valence-electron chi connectivity index (χ3n) is 5.44. The normalized spacial score (nSPS) is 12.3. The molecule has 0 aliphatic heterocycles. The maximum absolute atomic E-state index is 12.9. The van der Waals surface area contributed by atoms with Crippen molar-refractivity contribution in [2.75, 3.05) is 18.5 Å². The summed E-state index contributed by atoms with van der Waals surface area (Å²) in [7, 11) is 1.51. The van der Waals surface area contributed by atoms with Gasteiger partial charge in [-0.25, -0.2) is 0 Å². The Labute approximate surface area is 200 Å². The molecular weight excluding hydrogens is 467 g/mol. The topological polar surface area (TPSA) is 41.6 Å². The van der Waals surface area contributed by atoms with Crippen molar-refractivity contribution in [1.82, 2.24) is 5.32 Å². The third-order valence-corrected chi connectivity index (χ3v) is 5.44. The minimum atomic E-state index is -4.41. The van der Waals surface area contributed by atoms with Gasteiger partial charge in [0.05, 0.1) is 5.56 Å². The summed E-state index contributed by atoms with van der Waals surface area (Å²) in [5.74, 6) is -0.347. The molecule has 0 heterocycles. The number of amides is 1. The lowest BCUT2D eigenvalue weighted by atomic mass is 10.0. The number of anilines is 1. The standard InChI is InChI=1S/C26H25F5N2O2/c1-32-24(34)23(19-8-3-2-4-9-19)33(21-10-5-11-22(17-21)35-25(27)28)16-6-7-18-12-14-20(15-13-18)26(29,30)31/h2-5,8-15,17,23,25H,6-7,16H2,1H3,(H,32,34)/t23-/m1/s1.